The zero-order chi connectivity index (χ0) is 12.3. The SMILES string of the molecule is CCN(Cc1ccc(Br)s1)C(=O)c1cn[nH]n1. The van der Waals surface area contributed by atoms with Crippen molar-refractivity contribution in [1.29, 1.82) is 0 Å². The van der Waals surface area contributed by atoms with Crippen molar-refractivity contribution < 1.29 is 4.79 Å². The Bertz CT molecular complexity index is 496. The summed E-state index contributed by atoms with van der Waals surface area (Å²) < 4.78 is 1.07. The monoisotopic (exact) mass is 314 g/mol. The standard InChI is InChI=1S/C10H11BrN4OS/c1-2-15(6-7-3-4-9(11)17-7)10(16)8-5-12-14-13-8/h3-5H,2,6H2,1H3,(H,12,13,14). The highest BCUT2D eigenvalue weighted by Crippen LogP contribution is 2.23. The summed E-state index contributed by atoms with van der Waals surface area (Å²) in [6.45, 7) is 3.18. The molecule has 2 rings (SSSR count). The van der Waals surface area contributed by atoms with E-state index in [0.717, 1.165) is 8.66 Å². The zero-order valence-electron chi connectivity index (χ0n) is 9.18. The lowest BCUT2D eigenvalue weighted by atomic mass is 10.3. The Morgan fingerprint density at radius 1 is 1.59 bits per heavy atom. The third kappa shape index (κ3) is 2.92. The Kier molecular flexibility index (Phi) is 3.90. The fourth-order valence-corrected chi connectivity index (χ4v) is 2.92. The molecule has 0 aromatic carbocycles. The number of amides is 1. The number of hydrogen-bond acceptors (Lipinski definition) is 4. The molecule has 0 aliphatic carbocycles. The number of H-pyrrole nitrogens is 1. The molecule has 0 atom stereocenters. The van der Waals surface area contributed by atoms with E-state index in [2.05, 4.69) is 31.3 Å². The zero-order valence-corrected chi connectivity index (χ0v) is 11.6. The summed E-state index contributed by atoms with van der Waals surface area (Å²) in [6.07, 6.45) is 1.44. The van der Waals surface area contributed by atoms with E-state index in [9.17, 15) is 4.79 Å². The predicted molar refractivity (Wildman–Crippen MR) is 68.8 cm³/mol. The largest absolute Gasteiger partial charge is 0.332 e. The minimum absolute atomic E-state index is 0.106. The van der Waals surface area contributed by atoms with E-state index in [4.69, 9.17) is 0 Å². The number of nitrogens with one attached hydrogen (secondary N) is 1. The Morgan fingerprint density at radius 2 is 2.41 bits per heavy atom. The minimum Gasteiger partial charge on any atom is -0.332 e. The molecule has 2 aromatic heterocycles. The van der Waals surface area contributed by atoms with Gasteiger partial charge in [0.25, 0.3) is 5.91 Å². The van der Waals surface area contributed by atoms with Gasteiger partial charge in [-0.05, 0) is 35.0 Å². The smallest absolute Gasteiger partial charge is 0.276 e. The molecule has 1 amide bonds. The fourth-order valence-electron chi connectivity index (χ4n) is 1.42. The summed E-state index contributed by atoms with van der Waals surface area (Å²) in [7, 11) is 0. The Balaban J connectivity index is 2.09. The van der Waals surface area contributed by atoms with Crippen LogP contribution in [0.15, 0.2) is 22.1 Å². The van der Waals surface area contributed by atoms with Crippen molar-refractivity contribution in [3.63, 3.8) is 0 Å². The number of thiophene rings is 1. The Hall–Kier alpha value is -1.21. The Morgan fingerprint density at radius 3 is 2.94 bits per heavy atom. The summed E-state index contributed by atoms with van der Waals surface area (Å²) in [6, 6.07) is 3.99. The lowest BCUT2D eigenvalue weighted by Crippen LogP contribution is -2.30. The van der Waals surface area contributed by atoms with Gasteiger partial charge in [-0.2, -0.15) is 15.4 Å². The van der Waals surface area contributed by atoms with Crippen LogP contribution in [-0.4, -0.2) is 32.8 Å². The fraction of sp³-hybridized carbons (Fsp3) is 0.300. The van der Waals surface area contributed by atoms with Crippen molar-refractivity contribution in [2.24, 2.45) is 0 Å². The van der Waals surface area contributed by atoms with Crippen LogP contribution < -0.4 is 0 Å². The lowest BCUT2D eigenvalue weighted by Gasteiger charge is -2.18. The van der Waals surface area contributed by atoms with Crippen LogP contribution in [-0.2, 0) is 6.54 Å². The molecule has 0 unspecified atom stereocenters. The topological polar surface area (TPSA) is 61.9 Å². The summed E-state index contributed by atoms with van der Waals surface area (Å²) in [5, 5.41) is 9.89. The maximum absolute atomic E-state index is 12.0. The molecule has 0 aliphatic heterocycles. The number of rotatable bonds is 4. The molecule has 90 valence electrons. The average molecular weight is 315 g/mol. The molecular weight excluding hydrogens is 304 g/mol. The van der Waals surface area contributed by atoms with Crippen LogP contribution >= 0.6 is 27.3 Å². The molecule has 5 nitrogen and oxygen atoms in total. The number of hydrogen-bond donors (Lipinski definition) is 1. The molecule has 0 saturated heterocycles. The van der Waals surface area contributed by atoms with E-state index in [0.29, 0.717) is 18.8 Å². The van der Waals surface area contributed by atoms with Gasteiger partial charge in [-0.25, -0.2) is 0 Å². The minimum atomic E-state index is -0.106. The van der Waals surface area contributed by atoms with Crippen LogP contribution in [0.25, 0.3) is 0 Å². The van der Waals surface area contributed by atoms with Gasteiger partial charge in [0.1, 0.15) is 0 Å². The number of halogens is 1. The van der Waals surface area contributed by atoms with Crippen LogP contribution in [0.3, 0.4) is 0 Å². The molecular formula is C10H11BrN4OS. The molecule has 7 heteroatoms. The van der Waals surface area contributed by atoms with E-state index in [1.54, 1.807) is 16.2 Å². The van der Waals surface area contributed by atoms with Crippen molar-refractivity contribution in [2.45, 2.75) is 13.5 Å². The van der Waals surface area contributed by atoms with Crippen LogP contribution in [0.4, 0.5) is 0 Å². The van der Waals surface area contributed by atoms with Crippen molar-refractivity contribution in [3.05, 3.63) is 32.7 Å². The van der Waals surface area contributed by atoms with Crippen LogP contribution in [0.1, 0.15) is 22.3 Å². The highest BCUT2D eigenvalue weighted by atomic mass is 79.9. The second-order valence-electron chi connectivity index (χ2n) is 3.38. The quantitative estimate of drug-likeness (QED) is 0.941. The number of nitrogens with zero attached hydrogens (tertiary/aromatic N) is 3. The van der Waals surface area contributed by atoms with Gasteiger partial charge in [-0.1, -0.05) is 0 Å². The van der Waals surface area contributed by atoms with E-state index >= 15 is 0 Å². The number of carbonyl (C=O) groups is 1. The number of aromatic nitrogens is 3. The first kappa shape index (κ1) is 12.3. The van der Waals surface area contributed by atoms with Gasteiger partial charge >= 0.3 is 0 Å². The van der Waals surface area contributed by atoms with E-state index in [-0.39, 0.29) is 5.91 Å². The second-order valence-corrected chi connectivity index (χ2v) is 5.93. The van der Waals surface area contributed by atoms with Gasteiger partial charge in [0.2, 0.25) is 0 Å². The van der Waals surface area contributed by atoms with Gasteiger partial charge in [0, 0.05) is 11.4 Å². The van der Waals surface area contributed by atoms with E-state index in [1.807, 2.05) is 19.1 Å². The molecule has 0 aliphatic rings. The summed E-state index contributed by atoms with van der Waals surface area (Å²) in [4.78, 5) is 14.9. The predicted octanol–water partition coefficient (Wildman–Crippen LogP) is 2.29. The van der Waals surface area contributed by atoms with Crippen LogP contribution in [0.5, 0.6) is 0 Å². The van der Waals surface area contributed by atoms with E-state index < -0.39 is 0 Å². The van der Waals surface area contributed by atoms with Gasteiger partial charge in [0.05, 0.1) is 16.5 Å². The highest BCUT2D eigenvalue weighted by molar-refractivity contribution is 9.11. The highest BCUT2D eigenvalue weighted by Gasteiger charge is 2.17. The third-order valence-electron chi connectivity index (χ3n) is 2.28. The van der Waals surface area contributed by atoms with Gasteiger partial charge in [-0.3, -0.25) is 4.79 Å². The molecule has 2 aromatic rings. The molecule has 2 heterocycles. The Labute approximate surface area is 111 Å². The average Bonchev–Trinajstić information content (AvgIpc) is 2.96. The number of carbonyl (C=O) groups excluding carboxylic acids is 1. The van der Waals surface area contributed by atoms with Crippen molar-refractivity contribution in [3.8, 4) is 0 Å². The van der Waals surface area contributed by atoms with Crippen LogP contribution in [0, 0.1) is 0 Å². The van der Waals surface area contributed by atoms with Crippen molar-refractivity contribution >= 4 is 33.2 Å². The normalized spacial score (nSPS) is 10.5. The molecule has 0 fully saturated rings. The van der Waals surface area contributed by atoms with Crippen molar-refractivity contribution in [2.75, 3.05) is 6.54 Å². The summed E-state index contributed by atoms with van der Waals surface area (Å²) >= 11 is 5.03. The van der Waals surface area contributed by atoms with Crippen molar-refractivity contribution in [1.82, 2.24) is 20.3 Å². The summed E-state index contributed by atoms with van der Waals surface area (Å²) in [5.74, 6) is -0.106. The first-order valence-corrected chi connectivity index (χ1v) is 6.71. The maximum Gasteiger partial charge on any atom is 0.276 e. The molecule has 0 radical (unpaired) electrons. The molecule has 1 N–H and O–H groups in total. The summed E-state index contributed by atoms with van der Waals surface area (Å²) in [5.41, 5.74) is 0.350. The van der Waals surface area contributed by atoms with Crippen LogP contribution in [0.2, 0.25) is 0 Å². The molecule has 17 heavy (non-hydrogen) atoms. The second kappa shape index (κ2) is 5.42. The third-order valence-corrected chi connectivity index (χ3v) is 3.89. The van der Waals surface area contributed by atoms with Gasteiger partial charge < -0.3 is 4.90 Å². The maximum atomic E-state index is 12.0. The first-order chi connectivity index (χ1) is 8.20. The molecule has 0 spiro atoms. The van der Waals surface area contributed by atoms with Gasteiger partial charge in [-0.15, -0.1) is 11.3 Å². The first-order valence-electron chi connectivity index (χ1n) is 5.10. The number of aromatic amines is 1. The molecule has 0 saturated carbocycles. The van der Waals surface area contributed by atoms with E-state index in [1.165, 1.54) is 6.20 Å². The van der Waals surface area contributed by atoms with Gasteiger partial charge in [0.15, 0.2) is 5.69 Å². The molecule has 0 bridgehead atoms. The lowest BCUT2D eigenvalue weighted by molar-refractivity contribution is 0.0748.